The van der Waals surface area contributed by atoms with Crippen LogP contribution in [0.4, 0.5) is 0 Å². The van der Waals surface area contributed by atoms with Gasteiger partial charge < -0.3 is 15.2 Å². The van der Waals surface area contributed by atoms with E-state index in [4.69, 9.17) is 15.2 Å². The molecule has 5 nitrogen and oxygen atoms in total. The van der Waals surface area contributed by atoms with E-state index < -0.39 is 0 Å². The molecule has 5 heteroatoms. The van der Waals surface area contributed by atoms with Gasteiger partial charge in [-0.05, 0) is 31.5 Å². The van der Waals surface area contributed by atoms with Gasteiger partial charge in [0.15, 0.2) is 5.75 Å². The van der Waals surface area contributed by atoms with Gasteiger partial charge in [-0.3, -0.25) is 4.68 Å². The lowest BCUT2D eigenvalue weighted by atomic mass is 10.0. The maximum atomic E-state index is 6.36. The second-order valence-corrected chi connectivity index (χ2v) is 4.39. The first kappa shape index (κ1) is 14.4. The highest BCUT2D eigenvalue weighted by Crippen LogP contribution is 2.29. The second kappa shape index (κ2) is 6.43. The summed E-state index contributed by atoms with van der Waals surface area (Å²) >= 11 is 0. The van der Waals surface area contributed by atoms with Gasteiger partial charge in [0.05, 0.1) is 26.0 Å². The fraction of sp³-hybridized carbons (Fsp3) is 0.400. The molecule has 0 fully saturated rings. The molecule has 1 heterocycles. The number of hydrogen-bond donors (Lipinski definition) is 1. The van der Waals surface area contributed by atoms with Gasteiger partial charge in [-0.2, -0.15) is 5.10 Å². The Morgan fingerprint density at radius 2 is 1.95 bits per heavy atom. The molecule has 0 saturated heterocycles. The normalized spacial score (nSPS) is 12.2. The van der Waals surface area contributed by atoms with Crippen LogP contribution in [0.25, 0.3) is 0 Å². The average Bonchev–Trinajstić information content (AvgIpc) is 2.90. The van der Waals surface area contributed by atoms with Crippen molar-refractivity contribution in [2.24, 2.45) is 5.73 Å². The first-order valence-corrected chi connectivity index (χ1v) is 6.79. The van der Waals surface area contributed by atoms with E-state index in [1.807, 2.05) is 42.8 Å². The van der Waals surface area contributed by atoms with Crippen molar-refractivity contribution in [1.29, 1.82) is 0 Å². The van der Waals surface area contributed by atoms with Crippen LogP contribution in [-0.2, 0) is 6.54 Å². The van der Waals surface area contributed by atoms with Gasteiger partial charge in [-0.25, -0.2) is 0 Å². The Morgan fingerprint density at radius 1 is 1.25 bits per heavy atom. The van der Waals surface area contributed by atoms with Crippen LogP contribution in [0.1, 0.15) is 31.1 Å². The van der Waals surface area contributed by atoms with Crippen LogP contribution in [-0.4, -0.2) is 23.5 Å². The van der Waals surface area contributed by atoms with Gasteiger partial charge >= 0.3 is 0 Å². The third-order valence-electron chi connectivity index (χ3n) is 3.21. The predicted molar refractivity (Wildman–Crippen MR) is 78.1 cm³/mol. The Morgan fingerprint density at radius 3 is 2.50 bits per heavy atom. The van der Waals surface area contributed by atoms with Gasteiger partial charge in [0.1, 0.15) is 11.4 Å². The first-order valence-electron chi connectivity index (χ1n) is 6.79. The smallest absolute Gasteiger partial charge is 0.161 e. The molecule has 0 aliphatic carbocycles. The molecule has 2 N–H and O–H groups in total. The topological polar surface area (TPSA) is 62.3 Å². The van der Waals surface area contributed by atoms with Gasteiger partial charge in [0.25, 0.3) is 0 Å². The summed E-state index contributed by atoms with van der Waals surface area (Å²) in [5, 5.41) is 4.29. The Bertz CT molecular complexity index is 527. The Kier molecular flexibility index (Phi) is 4.63. The maximum Gasteiger partial charge on any atom is 0.161 e. The van der Waals surface area contributed by atoms with Crippen LogP contribution in [0.2, 0.25) is 0 Å². The summed E-state index contributed by atoms with van der Waals surface area (Å²) < 4.78 is 12.6. The van der Waals surface area contributed by atoms with E-state index in [1.165, 1.54) is 0 Å². The molecule has 0 aliphatic heterocycles. The molecule has 0 bridgehead atoms. The van der Waals surface area contributed by atoms with E-state index in [1.54, 1.807) is 13.3 Å². The Hall–Kier alpha value is -2.01. The SMILES string of the molecule is CCOc1ccc(C(N)c2c(OC)cnn2CC)cc1. The molecule has 0 saturated carbocycles. The van der Waals surface area contributed by atoms with Crippen LogP contribution >= 0.6 is 0 Å². The summed E-state index contributed by atoms with van der Waals surface area (Å²) in [7, 11) is 1.63. The molecule has 0 radical (unpaired) electrons. The minimum absolute atomic E-state index is 0.275. The molecule has 0 spiro atoms. The number of rotatable bonds is 6. The van der Waals surface area contributed by atoms with Crippen LogP contribution in [0.15, 0.2) is 30.5 Å². The van der Waals surface area contributed by atoms with Gasteiger partial charge in [0, 0.05) is 6.54 Å². The third kappa shape index (κ3) is 2.77. The summed E-state index contributed by atoms with van der Waals surface area (Å²) in [5.41, 5.74) is 8.25. The molecule has 1 atom stereocenters. The van der Waals surface area contributed by atoms with Crippen molar-refractivity contribution < 1.29 is 9.47 Å². The average molecular weight is 275 g/mol. The summed E-state index contributed by atoms with van der Waals surface area (Å²) in [6.45, 7) is 5.40. The van der Waals surface area contributed by atoms with E-state index in [0.29, 0.717) is 12.4 Å². The second-order valence-electron chi connectivity index (χ2n) is 4.39. The van der Waals surface area contributed by atoms with Crippen molar-refractivity contribution in [3.05, 3.63) is 41.7 Å². The van der Waals surface area contributed by atoms with Gasteiger partial charge in [0.2, 0.25) is 0 Å². The van der Waals surface area contributed by atoms with Crippen LogP contribution in [0.5, 0.6) is 11.5 Å². The zero-order valence-electron chi connectivity index (χ0n) is 12.2. The monoisotopic (exact) mass is 275 g/mol. The van der Waals surface area contributed by atoms with E-state index in [2.05, 4.69) is 5.10 Å². The molecule has 0 aliphatic rings. The van der Waals surface area contributed by atoms with Crippen LogP contribution in [0, 0.1) is 0 Å². The quantitative estimate of drug-likeness (QED) is 0.879. The highest BCUT2D eigenvalue weighted by Gasteiger charge is 2.19. The minimum Gasteiger partial charge on any atom is -0.494 e. The predicted octanol–water partition coefficient (Wildman–Crippen LogP) is 2.36. The summed E-state index contributed by atoms with van der Waals surface area (Å²) in [5.74, 6) is 1.56. The van der Waals surface area contributed by atoms with Gasteiger partial charge in [-0.15, -0.1) is 0 Å². The number of benzene rings is 1. The summed E-state index contributed by atoms with van der Waals surface area (Å²) in [6.07, 6.45) is 1.70. The first-order chi connectivity index (χ1) is 9.71. The van der Waals surface area contributed by atoms with E-state index >= 15 is 0 Å². The molecule has 2 aromatic rings. The highest BCUT2D eigenvalue weighted by molar-refractivity contribution is 5.38. The molecule has 1 aromatic heterocycles. The summed E-state index contributed by atoms with van der Waals surface area (Å²) in [4.78, 5) is 0. The van der Waals surface area contributed by atoms with E-state index in [9.17, 15) is 0 Å². The van der Waals surface area contributed by atoms with E-state index in [-0.39, 0.29) is 6.04 Å². The number of aryl methyl sites for hydroxylation is 1. The molecule has 1 unspecified atom stereocenters. The van der Waals surface area contributed by atoms with Crippen molar-refractivity contribution in [2.45, 2.75) is 26.4 Å². The zero-order chi connectivity index (χ0) is 14.5. The molecular weight excluding hydrogens is 254 g/mol. The number of hydrogen-bond acceptors (Lipinski definition) is 4. The van der Waals surface area contributed by atoms with Crippen molar-refractivity contribution in [2.75, 3.05) is 13.7 Å². The zero-order valence-corrected chi connectivity index (χ0v) is 12.2. The molecule has 0 amide bonds. The maximum absolute atomic E-state index is 6.36. The minimum atomic E-state index is -0.275. The molecular formula is C15H21N3O2. The fourth-order valence-corrected chi connectivity index (χ4v) is 2.20. The van der Waals surface area contributed by atoms with E-state index in [0.717, 1.165) is 23.6 Å². The third-order valence-corrected chi connectivity index (χ3v) is 3.21. The molecule has 2 rings (SSSR count). The number of nitrogens with zero attached hydrogens (tertiary/aromatic N) is 2. The highest BCUT2D eigenvalue weighted by atomic mass is 16.5. The number of methoxy groups -OCH3 is 1. The van der Waals surface area contributed by atoms with Crippen molar-refractivity contribution in [3.8, 4) is 11.5 Å². The van der Waals surface area contributed by atoms with Crippen molar-refractivity contribution >= 4 is 0 Å². The lowest BCUT2D eigenvalue weighted by molar-refractivity contribution is 0.340. The standard InChI is InChI=1S/C15H21N3O2/c1-4-18-15(13(19-3)10-17-18)14(16)11-6-8-12(9-7-11)20-5-2/h6-10,14H,4-5,16H2,1-3H3. The van der Waals surface area contributed by atoms with Gasteiger partial charge in [-0.1, -0.05) is 12.1 Å². The number of aromatic nitrogens is 2. The molecule has 108 valence electrons. The fourth-order valence-electron chi connectivity index (χ4n) is 2.20. The van der Waals surface area contributed by atoms with Crippen LogP contribution in [0.3, 0.4) is 0 Å². The lowest BCUT2D eigenvalue weighted by Gasteiger charge is -2.16. The lowest BCUT2D eigenvalue weighted by Crippen LogP contribution is -2.18. The largest absolute Gasteiger partial charge is 0.494 e. The number of nitrogens with two attached hydrogens (primary N) is 1. The Balaban J connectivity index is 2.30. The summed E-state index contributed by atoms with van der Waals surface area (Å²) in [6, 6.07) is 7.53. The molecule has 1 aromatic carbocycles. The Labute approximate surface area is 119 Å². The van der Waals surface area contributed by atoms with Crippen molar-refractivity contribution in [1.82, 2.24) is 9.78 Å². The molecule has 20 heavy (non-hydrogen) atoms. The van der Waals surface area contributed by atoms with Crippen molar-refractivity contribution in [3.63, 3.8) is 0 Å². The van der Waals surface area contributed by atoms with Crippen LogP contribution < -0.4 is 15.2 Å². The number of ether oxygens (including phenoxy) is 2.